The van der Waals surface area contributed by atoms with Crippen LogP contribution < -0.4 is 4.90 Å². The Morgan fingerprint density at radius 2 is 1.69 bits per heavy atom. The van der Waals surface area contributed by atoms with Crippen LogP contribution in [0.15, 0.2) is 59.6 Å². The summed E-state index contributed by atoms with van der Waals surface area (Å²) in [6, 6.07) is 17.2. The van der Waals surface area contributed by atoms with Crippen LogP contribution in [0.5, 0.6) is 0 Å². The van der Waals surface area contributed by atoms with E-state index in [1.165, 1.54) is 11.8 Å². The molecule has 1 amide bonds. The van der Waals surface area contributed by atoms with Crippen molar-refractivity contribution in [1.82, 2.24) is 0 Å². The fourth-order valence-electron chi connectivity index (χ4n) is 4.39. The molecule has 9 heteroatoms. The van der Waals surface area contributed by atoms with Gasteiger partial charge in [0, 0.05) is 5.56 Å². The summed E-state index contributed by atoms with van der Waals surface area (Å²) >= 11 is 1.25. The highest BCUT2D eigenvalue weighted by atomic mass is 32.2. The number of amides is 1. The molecule has 0 radical (unpaired) electrons. The van der Waals surface area contributed by atoms with E-state index in [0.29, 0.717) is 17.8 Å². The van der Waals surface area contributed by atoms with Crippen LogP contribution in [0.25, 0.3) is 0 Å². The molecule has 0 saturated carbocycles. The van der Waals surface area contributed by atoms with Crippen molar-refractivity contribution >= 4 is 36.2 Å². The van der Waals surface area contributed by atoms with Crippen molar-refractivity contribution < 1.29 is 23.1 Å². The molecule has 2 heterocycles. The molecule has 0 bridgehead atoms. The minimum atomic E-state index is -3.94. The molecule has 0 fully saturated rings. The van der Waals surface area contributed by atoms with Gasteiger partial charge in [0.2, 0.25) is 16.1 Å². The molecule has 0 aliphatic carbocycles. The molecule has 0 N–H and O–H groups in total. The summed E-state index contributed by atoms with van der Waals surface area (Å²) in [5.74, 6) is -0.311. The van der Waals surface area contributed by atoms with Crippen LogP contribution in [-0.4, -0.2) is 35.9 Å². The minimum absolute atomic E-state index is 0.143. The minimum Gasteiger partial charge on any atom is -0.450 e. The summed E-state index contributed by atoms with van der Waals surface area (Å²) in [6.07, 6.45) is 1.80. The number of rotatable bonds is 7. The number of hydrogen-bond acceptors (Lipinski definition) is 7. The number of nitrogens with zero attached hydrogens (tertiary/aromatic N) is 2. The number of para-hydroxylation sites is 1. The van der Waals surface area contributed by atoms with Crippen molar-refractivity contribution in [3.63, 3.8) is 0 Å². The smallest absolute Gasteiger partial charge is 0.377 e. The largest absolute Gasteiger partial charge is 0.450 e. The second-order valence-electron chi connectivity index (χ2n) is 7.60. The number of carbonyl (C=O) groups excluding carboxylic acids is 1. The molecule has 0 saturated heterocycles. The van der Waals surface area contributed by atoms with Crippen molar-refractivity contribution in [2.24, 2.45) is 4.99 Å². The van der Waals surface area contributed by atoms with Gasteiger partial charge in [-0.1, -0.05) is 60.3 Å². The first kappa shape index (κ1) is 23.1. The standard InChI is InChI=1S/C23H27N2O5PS/c1-5-28-31(27,29-6-2)22(3)23(24-21(30-22)32-4)18-14-10-11-15-19(18)25(20(23)26)16-17-12-8-7-9-13-17/h7-15H,5-6,16H2,1-4H3/t22-,23-/m1/s1. The lowest BCUT2D eigenvalue weighted by Crippen LogP contribution is -2.53. The lowest BCUT2D eigenvalue weighted by atomic mass is 9.87. The van der Waals surface area contributed by atoms with Gasteiger partial charge >= 0.3 is 7.60 Å². The van der Waals surface area contributed by atoms with Crippen molar-refractivity contribution in [1.29, 1.82) is 0 Å². The Bertz CT molecular complexity index is 1080. The predicted octanol–water partition coefficient (Wildman–Crippen LogP) is 5.16. The maximum Gasteiger partial charge on any atom is 0.377 e. The first-order valence-electron chi connectivity index (χ1n) is 10.5. The van der Waals surface area contributed by atoms with Gasteiger partial charge in [-0.05, 0) is 38.7 Å². The quantitative estimate of drug-likeness (QED) is 0.516. The number of thioether (sulfide) groups is 1. The zero-order chi connectivity index (χ0) is 23.0. The van der Waals surface area contributed by atoms with E-state index in [9.17, 15) is 9.36 Å². The predicted molar refractivity (Wildman–Crippen MR) is 127 cm³/mol. The summed E-state index contributed by atoms with van der Waals surface area (Å²) < 4.78 is 31.8. The van der Waals surface area contributed by atoms with Gasteiger partial charge < -0.3 is 18.7 Å². The molecule has 2 aromatic rings. The molecule has 0 aromatic heterocycles. The van der Waals surface area contributed by atoms with E-state index in [0.717, 1.165) is 5.56 Å². The van der Waals surface area contributed by atoms with E-state index in [-0.39, 0.29) is 24.4 Å². The number of aliphatic imine (C=N–C) groups is 1. The zero-order valence-corrected chi connectivity index (χ0v) is 20.3. The number of carbonyl (C=O) groups is 1. The number of anilines is 1. The van der Waals surface area contributed by atoms with Crippen LogP contribution >= 0.6 is 19.4 Å². The van der Waals surface area contributed by atoms with Crippen LogP contribution in [0.1, 0.15) is 31.9 Å². The maximum atomic E-state index is 14.2. The maximum absolute atomic E-state index is 14.2. The van der Waals surface area contributed by atoms with Gasteiger partial charge in [0.25, 0.3) is 5.91 Å². The third-order valence-corrected chi connectivity index (χ3v) is 9.01. The normalized spacial score (nSPS) is 24.6. The van der Waals surface area contributed by atoms with E-state index >= 15 is 0 Å². The molecule has 0 unspecified atom stereocenters. The number of hydrogen-bond donors (Lipinski definition) is 0. The molecule has 2 aliphatic heterocycles. The molecule has 170 valence electrons. The zero-order valence-electron chi connectivity index (χ0n) is 18.6. The summed E-state index contributed by atoms with van der Waals surface area (Å²) in [5.41, 5.74) is 0.727. The highest BCUT2D eigenvalue weighted by Gasteiger charge is 2.75. The van der Waals surface area contributed by atoms with Crippen LogP contribution in [0.3, 0.4) is 0 Å². The van der Waals surface area contributed by atoms with Crippen molar-refractivity contribution in [2.45, 2.75) is 38.2 Å². The van der Waals surface area contributed by atoms with E-state index in [2.05, 4.69) is 0 Å². The first-order chi connectivity index (χ1) is 15.4. The topological polar surface area (TPSA) is 77.4 Å². The van der Waals surface area contributed by atoms with Crippen LogP contribution in [0.4, 0.5) is 5.69 Å². The highest BCUT2D eigenvalue weighted by Crippen LogP contribution is 2.71. The second-order valence-corrected chi connectivity index (χ2v) is 10.7. The average Bonchev–Trinajstić information content (AvgIpc) is 3.24. The molecular formula is C23H27N2O5PS. The highest BCUT2D eigenvalue weighted by molar-refractivity contribution is 8.13. The van der Waals surface area contributed by atoms with Crippen molar-refractivity contribution in [3.8, 4) is 0 Å². The number of ether oxygens (including phenoxy) is 1. The fraction of sp³-hybridized carbons (Fsp3) is 0.391. The van der Waals surface area contributed by atoms with E-state index in [4.69, 9.17) is 18.8 Å². The fourth-order valence-corrected chi connectivity index (χ4v) is 7.03. The lowest BCUT2D eigenvalue weighted by Gasteiger charge is -2.40. The van der Waals surface area contributed by atoms with E-state index in [1.54, 1.807) is 31.9 Å². The van der Waals surface area contributed by atoms with Gasteiger partial charge in [-0.15, -0.1) is 0 Å². The Morgan fingerprint density at radius 3 is 2.31 bits per heavy atom. The number of benzene rings is 2. The molecule has 2 aromatic carbocycles. The van der Waals surface area contributed by atoms with Gasteiger partial charge in [-0.3, -0.25) is 9.36 Å². The first-order valence-corrected chi connectivity index (χ1v) is 13.3. The third kappa shape index (κ3) is 3.24. The summed E-state index contributed by atoms with van der Waals surface area (Å²) in [5, 5.41) is -1.39. The van der Waals surface area contributed by atoms with Crippen LogP contribution in [-0.2, 0) is 35.2 Å². The van der Waals surface area contributed by atoms with Crippen LogP contribution in [0, 0.1) is 0 Å². The average molecular weight is 475 g/mol. The molecule has 2 atom stereocenters. The SMILES string of the molecule is CCOP(=O)(OCC)[C@@]1(C)OC(SC)=N[C@]12C(=O)N(Cc1ccccc1)c1ccccc12. The van der Waals surface area contributed by atoms with Gasteiger partial charge in [0.15, 0.2) is 0 Å². The number of fused-ring (bicyclic) bond motifs is 2. The van der Waals surface area contributed by atoms with Crippen LogP contribution in [0.2, 0.25) is 0 Å². The van der Waals surface area contributed by atoms with E-state index < -0.39 is 18.5 Å². The molecule has 2 aliphatic rings. The molecule has 32 heavy (non-hydrogen) atoms. The van der Waals surface area contributed by atoms with Gasteiger partial charge in [-0.25, -0.2) is 4.99 Å². The summed E-state index contributed by atoms with van der Waals surface area (Å²) in [4.78, 5) is 20.7. The van der Waals surface area contributed by atoms with Crippen molar-refractivity contribution in [2.75, 3.05) is 24.4 Å². The Morgan fingerprint density at radius 1 is 1.06 bits per heavy atom. The van der Waals surface area contributed by atoms with Crippen molar-refractivity contribution in [3.05, 3.63) is 65.7 Å². The van der Waals surface area contributed by atoms with Gasteiger partial charge in [0.1, 0.15) is 0 Å². The molecule has 7 nitrogen and oxygen atoms in total. The Balaban J connectivity index is 1.93. The molecule has 1 spiro atoms. The second kappa shape index (κ2) is 8.67. The molecule has 4 rings (SSSR count). The van der Waals surface area contributed by atoms with E-state index in [1.807, 2.05) is 54.6 Å². The summed E-state index contributed by atoms with van der Waals surface area (Å²) in [7, 11) is -3.94. The van der Waals surface area contributed by atoms with Gasteiger partial charge in [0.05, 0.1) is 25.4 Å². The Kier molecular flexibility index (Phi) is 6.25. The summed E-state index contributed by atoms with van der Waals surface area (Å²) in [6.45, 7) is 5.73. The monoisotopic (exact) mass is 474 g/mol. The Labute approximate surface area is 192 Å². The van der Waals surface area contributed by atoms with Gasteiger partial charge in [-0.2, -0.15) is 0 Å². The third-order valence-electron chi connectivity index (χ3n) is 5.83. The molecular weight excluding hydrogens is 447 g/mol. The Hall–Kier alpha value is -2.12. The lowest BCUT2D eigenvalue weighted by molar-refractivity contribution is -0.127.